The normalized spacial score (nSPS) is 17.5. The van der Waals surface area contributed by atoms with Crippen molar-refractivity contribution in [2.24, 2.45) is 0 Å². The fourth-order valence-corrected chi connectivity index (χ4v) is 3.42. The van der Waals surface area contributed by atoms with Crippen molar-refractivity contribution < 1.29 is 4.92 Å². The molecule has 1 aromatic carbocycles. The van der Waals surface area contributed by atoms with Crippen LogP contribution in [0.15, 0.2) is 51.1 Å². The largest absolute Gasteiger partial charge is 0.291 e. The molecule has 2 rings (SSSR count). The van der Waals surface area contributed by atoms with E-state index in [1.54, 1.807) is 0 Å². The molecule has 1 atom stereocenters. The van der Waals surface area contributed by atoms with Crippen LogP contribution in [-0.2, 0) is 6.54 Å². The third kappa shape index (κ3) is 6.02. The van der Waals surface area contributed by atoms with Gasteiger partial charge in [-0.25, -0.2) is 0 Å². The van der Waals surface area contributed by atoms with Crippen molar-refractivity contribution in [2.45, 2.75) is 45.7 Å². The highest BCUT2D eigenvalue weighted by molar-refractivity contribution is 14.1. The Morgan fingerprint density at radius 2 is 2.04 bits per heavy atom. The van der Waals surface area contributed by atoms with Crippen molar-refractivity contribution in [2.75, 3.05) is 13.1 Å². The Morgan fingerprint density at radius 3 is 2.58 bits per heavy atom. The lowest BCUT2D eigenvalue weighted by molar-refractivity contribution is -0.471. The van der Waals surface area contributed by atoms with Gasteiger partial charge in [0.25, 0.3) is 0 Å². The molecule has 0 radical (unpaired) electrons. The summed E-state index contributed by atoms with van der Waals surface area (Å²) in [5.41, 5.74) is 3.65. The summed E-state index contributed by atoms with van der Waals surface area (Å²) in [5, 5.41) is 10.7. The van der Waals surface area contributed by atoms with Crippen molar-refractivity contribution in [1.82, 2.24) is 4.90 Å². The van der Waals surface area contributed by atoms with Gasteiger partial charge in [0.2, 0.25) is 6.54 Å². The van der Waals surface area contributed by atoms with E-state index in [2.05, 4.69) is 71.7 Å². The molecule has 0 heterocycles. The van der Waals surface area contributed by atoms with Gasteiger partial charge in [0.15, 0.2) is 0 Å². The fraction of sp³-hybridized carbons (Fsp3) is 0.474. The standard InChI is InChI=1S/C19H25IN2O2/c1-15(2)19(20)14-21(12-16-6-4-3-5-7-16)18-10-8-17(9-11-18)13-22(23)24/h3-8,18H,9-14H2,1-2H3. The van der Waals surface area contributed by atoms with Crippen LogP contribution < -0.4 is 0 Å². The van der Waals surface area contributed by atoms with Crippen LogP contribution in [0, 0.1) is 10.1 Å². The Kier molecular flexibility index (Phi) is 7.42. The molecule has 0 spiro atoms. The van der Waals surface area contributed by atoms with Crippen LogP contribution in [0.5, 0.6) is 0 Å². The summed E-state index contributed by atoms with van der Waals surface area (Å²) in [6, 6.07) is 11.0. The van der Waals surface area contributed by atoms with E-state index in [0.29, 0.717) is 6.04 Å². The number of halogens is 1. The Labute approximate surface area is 157 Å². The number of benzene rings is 1. The number of nitro groups is 1. The topological polar surface area (TPSA) is 46.4 Å². The summed E-state index contributed by atoms with van der Waals surface area (Å²) < 4.78 is 1.38. The second-order valence-corrected chi connectivity index (χ2v) is 7.88. The zero-order chi connectivity index (χ0) is 17.5. The van der Waals surface area contributed by atoms with Gasteiger partial charge in [-0.2, -0.15) is 0 Å². The Hall–Kier alpha value is -1.21. The summed E-state index contributed by atoms with van der Waals surface area (Å²) in [6.07, 6.45) is 4.83. The second kappa shape index (κ2) is 9.32. The van der Waals surface area contributed by atoms with E-state index in [1.165, 1.54) is 14.7 Å². The van der Waals surface area contributed by atoms with E-state index in [-0.39, 0.29) is 11.5 Å². The van der Waals surface area contributed by atoms with Crippen LogP contribution >= 0.6 is 22.6 Å². The third-order valence-corrected chi connectivity index (χ3v) is 5.86. The molecule has 0 bridgehead atoms. The Morgan fingerprint density at radius 1 is 1.33 bits per heavy atom. The van der Waals surface area contributed by atoms with Crippen LogP contribution in [-0.4, -0.2) is 29.0 Å². The van der Waals surface area contributed by atoms with Crippen molar-refractivity contribution in [1.29, 1.82) is 0 Å². The molecule has 0 N–H and O–H groups in total. The monoisotopic (exact) mass is 440 g/mol. The lowest BCUT2D eigenvalue weighted by atomic mass is 9.93. The molecule has 0 aromatic heterocycles. The van der Waals surface area contributed by atoms with Gasteiger partial charge in [0.1, 0.15) is 0 Å². The molecule has 4 nitrogen and oxygen atoms in total. The Bertz CT molecular complexity index is 622. The summed E-state index contributed by atoms with van der Waals surface area (Å²) in [7, 11) is 0. The van der Waals surface area contributed by atoms with Gasteiger partial charge in [0, 0.05) is 27.6 Å². The maximum atomic E-state index is 10.7. The summed E-state index contributed by atoms with van der Waals surface area (Å²) in [5.74, 6) is 0. The van der Waals surface area contributed by atoms with Gasteiger partial charge in [-0.3, -0.25) is 15.0 Å². The second-order valence-electron chi connectivity index (χ2n) is 6.58. The average molecular weight is 440 g/mol. The van der Waals surface area contributed by atoms with E-state index in [0.717, 1.165) is 37.9 Å². The lowest BCUT2D eigenvalue weighted by Gasteiger charge is -2.34. The molecular formula is C19H25IN2O2. The van der Waals surface area contributed by atoms with E-state index in [9.17, 15) is 10.1 Å². The van der Waals surface area contributed by atoms with Gasteiger partial charge in [-0.15, -0.1) is 0 Å². The highest BCUT2D eigenvalue weighted by Gasteiger charge is 2.23. The smallest absolute Gasteiger partial charge is 0.224 e. The maximum absolute atomic E-state index is 10.7. The molecule has 1 unspecified atom stereocenters. The fourth-order valence-electron chi connectivity index (χ4n) is 2.98. The first-order valence-electron chi connectivity index (χ1n) is 8.35. The van der Waals surface area contributed by atoms with Gasteiger partial charge >= 0.3 is 0 Å². The van der Waals surface area contributed by atoms with Crippen molar-refractivity contribution in [3.8, 4) is 0 Å². The zero-order valence-electron chi connectivity index (χ0n) is 14.4. The van der Waals surface area contributed by atoms with Gasteiger partial charge in [-0.05, 0) is 66.8 Å². The number of nitrogens with zero attached hydrogens (tertiary/aromatic N) is 2. The average Bonchev–Trinajstić information content (AvgIpc) is 2.55. The summed E-state index contributed by atoms with van der Waals surface area (Å²) in [6.45, 7) is 6.17. The number of hydrogen-bond donors (Lipinski definition) is 0. The molecule has 24 heavy (non-hydrogen) atoms. The van der Waals surface area contributed by atoms with E-state index in [1.807, 2.05) is 6.07 Å². The minimum absolute atomic E-state index is 0.00306. The molecule has 5 heteroatoms. The highest BCUT2D eigenvalue weighted by Crippen LogP contribution is 2.26. The van der Waals surface area contributed by atoms with Crippen LogP contribution in [0.25, 0.3) is 0 Å². The highest BCUT2D eigenvalue weighted by atomic mass is 127. The van der Waals surface area contributed by atoms with E-state index >= 15 is 0 Å². The van der Waals surface area contributed by atoms with Crippen molar-refractivity contribution >= 4 is 22.6 Å². The molecular weight excluding hydrogens is 415 g/mol. The van der Waals surface area contributed by atoms with Crippen LogP contribution in [0.4, 0.5) is 0 Å². The number of hydrogen-bond acceptors (Lipinski definition) is 3. The minimum atomic E-state index is -0.222. The molecule has 130 valence electrons. The quantitative estimate of drug-likeness (QED) is 0.260. The van der Waals surface area contributed by atoms with Gasteiger partial charge in [-0.1, -0.05) is 42.0 Å². The third-order valence-electron chi connectivity index (χ3n) is 4.44. The molecule has 0 aliphatic heterocycles. The first-order valence-corrected chi connectivity index (χ1v) is 9.43. The molecule has 0 amide bonds. The molecule has 0 saturated heterocycles. The SMILES string of the molecule is CC(C)=C(I)CN(Cc1ccccc1)C1CC=C(C[N+](=O)[O-])CC1. The number of allylic oxidation sites excluding steroid dienone is 1. The maximum Gasteiger partial charge on any atom is 0.224 e. The first kappa shape index (κ1) is 19.1. The Balaban J connectivity index is 2.10. The molecule has 1 aliphatic carbocycles. The predicted octanol–water partition coefficient (Wildman–Crippen LogP) is 4.97. The summed E-state index contributed by atoms with van der Waals surface area (Å²) >= 11 is 2.44. The van der Waals surface area contributed by atoms with Crippen molar-refractivity contribution in [3.63, 3.8) is 0 Å². The molecule has 1 aromatic rings. The molecule has 1 aliphatic rings. The summed E-state index contributed by atoms with van der Waals surface area (Å²) in [4.78, 5) is 13.0. The minimum Gasteiger partial charge on any atom is -0.291 e. The molecule has 0 saturated carbocycles. The van der Waals surface area contributed by atoms with Crippen molar-refractivity contribution in [3.05, 3.63) is 66.8 Å². The number of rotatable bonds is 7. The predicted molar refractivity (Wildman–Crippen MR) is 107 cm³/mol. The van der Waals surface area contributed by atoms with Gasteiger partial charge in [0.05, 0.1) is 0 Å². The first-order chi connectivity index (χ1) is 11.5. The van der Waals surface area contributed by atoms with Crippen LogP contribution in [0.3, 0.4) is 0 Å². The lowest BCUT2D eigenvalue weighted by Crippen LogP contribution is -2.37. The van der Waals surface area contributed by atoms with Crippen LogP contribution in [0.1, 0.15) is 38.7 Å². The van der Waals surface area contributed by atoms with Gasteiger partial charge < -0.3 is 0 Å². The van der Waals surface area contributed by atoms with E-state index < -0.39 is 0 Å². The van der Waals surface area contributed by atoms with E-state index in [4.69, 9.17) is 0 Å². The zero-order valence-corrected chi connectivity index (χ0v) is 16.5. The molecule has 0 fully saturated rings. The van der Waals surface area contributed by atoms with Crippen LogP contribution in [0.2, 0.25) is 0 Å².